The van der Waals surface area contributed by atoms with Crippen LogP contribution in [0.15, 0.2) is 58.8 Å². The van der Waals surface area contributed by atoms with E-state index in [1.54, 1.807) is 24.4 Å². The number of hydrogen-bond acceptors (Lipinski definition) is 9. The molecular weight excluding hydrogens is 522 g/mol. The molecule has 2 aromatic carbocycles. The Kier molecular flexibility index (Phi) is 7.80. The number of sulfonamides is 1. The fraction of sp³-hybridized carbons (Fsp3) is 0.261. The standard InChI is InChI=1S/C23H23N5O7S2/c1-2-35-23(30)26-10-12-27(13-11-26)37(33,34)19-8-6-16(7-9-19)21(29)25-22-24-20(15-36-22)17-4-3-5-18(14-17)28(31)32/h3-9,14-15H,2,10-13H2,1H3,(H,24,25,29). The van der Waals surface area contributed by atoms with Crippen molar-refractivity contribution in [3.63, 3.8) is 0 Å². The zero-order chi connectivity index (χ0) is 26.6. The molecule has 3 aromatic rings. The lowest BCUT2D eigenvalue weighted by Crippen LogP contribution is -2.50. The molecule has 0 spiro atoms. The molecule has 0 bridgehead atoms. The highest BCUT2D eigenvalue weighted by molar-refractivity contribution is 7.89. The van der Waals surface area contributed by atoms with Crippen molar-refractivity contribution in [3.8, 4) is 11.3 Å². The molecule has 12 nitrogen and oxygen atoms in total. The predicted molar refractivity (Wildman–Crippen MR) is 136 cm³/mol. The third-order valence-electron chi connectivity index (χ3n) is 5.60. The summed E-state index contributed by atoms with van der Waals surface area (Å²) in [6.07, 6.45) is -0.465. The van der Waals surface area contributed by atoms with Crippen molar-refractivity contribution in [2.45, 2.75) is 11.8 Å². The summed E-state index contributed by atoms with van der Waals surface area (Å²) in [4.78, 5) is 40.8. The van der Waals surface area contributed by atoms with Crippen LogP contribution in [0.1, 0.15) is 17.3 Å². The van der Waals surface area contributed by atoms with Crippen molar-refractivity contribution < 1.29 is 27.7 Å². The van der Waals surface area contributed by atoms with Gasteiger partial charge in [0, 0.05) is 54.8 Å². The number of carbonyl (C=O) groups is 2. The van der Waals surface area contributed by atoms with Crippen LogP contribution in [-0.2, 0) is 14.8 Å². The molecule has 0 atom stereocenters. The summed E-state index contributed by atoms with van der Waals surface area (Å²) in [6.45, 7) is 2.69. The van der Waals surface area contributed by atoms with Gasteiger partial charge in [0.2, 0.25) is 10.0 Å². The van der Waals surface area contributed by atoms with Crippen molar-refractivity contribution >= 4 is 44.2 Å². The van der Waals surface area contributed by atoms with Gasteiger partial charge in [0.05, 0.1) is 22.1 Å². The van der Waals surface area contributed by atoms with Crippen LogP contribution >= 0.6 is 11.3 Å². The number of anilines is 1. The zero-order valence-electron chi connectivity index (χ0n) is 19.7. The number of thiazole rings is 1. The number of nitrogens with one attached hydrogen (secondary N) is 1. The summed E-state index contributed by atoms with van der Waals surface area (Å²) in [7, 11) is -3.80. The molecular formula is C23H23N5O7S2. The van der Waals surface area contributed by atoms with Gasteiger partial charge < -0.3 is 9.64 Å². The Balaban J connectivity index is 1.39. The Morgan fingerprint density at radius 3 is 2.49 bits per heavy atom. The molecule has 1 aliphatic heterocycles. The van der Waals surface area contributed by atoms with Crippen LogP contribution in [0.4, 0.5) is 15.6 Å². The van der Waals surface area contributed by atoms with Gasteiger partial charge in [-0.15, -0.1) is 11.3 Å². The van der Waals surface area contributed by atoms with Crippen LogP contribution in [0.2, 0.25) is 0 Å². The Labute approximate surface area is 216 Å². The first kappa shape index (κ1) is 26.2. The second-order valence-corrected chi connectivity index (χ2v) is 10.7. The van der Waals surface area contributed by atoms with E-state index in [0.29, 0.717) is 16.4 Å². The van der Waals surface area contributed by atoms with Gasteiger partial charge in [-0.1, -0.05) is 12.1 Å². The molecule has 1 saturated heterocycles. The molecule has 1 fully saturated rings. The third kappa shape index (κ3) is 5.93. The molecule has 194 valence electrons. The van der Waals surface area contributed by atoms with E-state index in [0.717, 1.165) is 11.3 Å². The number of carbonyl (C=O) groups excluding carboxylic acids is 2. The lowest BCUT2D eigenvalue weighted by molar-refractivity contribution is -0.384. The average Bonchev–Trinajstić information content (AvgIpc) is 3.37. The number of ether oxygens (including phenoxy) is 1. The number of benzene rings is 2. The van der Waals surface area contributed by atoms with Crippen molar-refractivity contribution in [1.29, 1.82) is 0 Å². The van der Waals surface area contributed by atoms with Crippen molar-refractivity contribution in [2.24, 2.45) is 0 Å². The molecule has 0 aliphatic carbocycles. The van der Waals surface area contributed by atoms with Gasteiger partial charge in [0.15, 0.2) is 5.13 Å². The number of aromatic nitrogens is 1. The van der Waals surface area contributed by atoms with E-state index >= 15 is 0 Å². The minimum absolute atomic E-state index is 0.0378. The van der Waals surface area contributed by atoms with Gasteiger partial charge in [-0.05, 0) is 31.2 Å². The first-order valence-electron chi connectivity index (χ1n) is 11.2. The Morgan fingerprint density at radius 1 is 1.14 bits per heavy atom. The maximum atomic E-state index is 13.0. The molecule has 2 heterocycles. The molecule has 0 saturated carbocycles. The van der Waals surface area contributed by atoms with E-state index in [9.17, 15) is 28.1 Å². The van der Waals surface area contributed by atoms with E-state index in [1.165, 1.54) is 45.6 Å². The Morgan fingerprint density at radius 2 is 1.84 bits per heavy atom. The van der Waals surface area contributed by atoms with Crippen LogP contribution in [-0.4, -0.2) is 72.3 Å². The molecule has 1 aliphatic rings. The maximum Gasteiger partial charge on any atom is 0.409 e. The van der Waals surface area contributed by atoms with Crippen molar-refractivity contribution in [2.75, 3.05) is 38.1 Å². The normalized spacial score (nSPS) is 14.2. The summed E-state index contributed by atoms with van der Waals surface area (Å²) in [5, 5.41) is 15.6. The van der Waals surface area contributed by atoms with Gasteiger partial charge in [-0.3, -0.25) is 20.2 Å². The van der Waals surface area contributed by atoms with E-state index in [1.807, 2.05) is 0 Å². The summed E-state index contributed by atoms with van der Waals surface area (Å²) >= 11 is 1.16. The molecule has 0 radical (unpaired) electrons. The van der Waals surface area contributed by atoms with Crippen LogP contribution < -0.4 is 5.32 Å². The largest absolute Gasteiger partial charge is 0.450 e. The van der Waals surface area contributed by atoms with Crippen LogP contribution in [0.25, 0.3) is 11.3 Å². The maximum absolute atomic E-state index is 13.0. The second kappa shape index (κ2) is 11.0. The fourth-order valence-electron chi connectivity index (χ4n) is 3.66. The minimum atomic E-state index is -3.80. The quantitative estimate of drug-likeness (QED) is 0.350. The first-order valence-corrected chi connectivity index (χ1v) is 13.5. The highest BCUT2D eigenvalue weighted by atomic mass is 32.2. The molecule has 37 heavy (non-hydrogen) atoms. The molecule has 0 unspecified atom stereocenters. The Hall–Kier alpha value is -3.88. The SMILES string of the molecule is CCOC(=O)N1CCN(S(=O)(=O)c2ccc(C(=O)Nc3nc(-c4cccc([N+](=O)[O-])c4)cs3)cc2)CC1. The first-order chi connectivity index (χ1) is 17.7. The molecule has 4 rings (SSSR count). The third-order valence-corrected chi connectivity index (χ3v) is 8.27. The van der Waals surface area contributed by atoms with E-state index in [2.05, 4.69) is 10.3 Å². The van der Waals surface area contributed by atoms with Crippen molar-refractivity contribution in [1.82, 2.24) is 14.2 Å². The van der Waals surface area contributed by atoms with Gasteiger partial charge in [-0.2, -0.15) is 4.31 Å². The molecule has 1 aromatic heterocycles. The number of non-ortho nitro benzene ring substituents is 1. The zero-order valence-corrected chi connectivity index (χ0v) is 21.3. The molecule has 1 N–H and O–H groups in total. The fourth-order valence-corrected chi connectivity index (χ4v) is 5.80. The molecule has 14 heteroatoms. The van der Waals surface area contributed by atoms with Crippen LogP contribution in [0.5, 0.6) is 0 Å². The second-order valence-electron chi connectivity index (χ2n) is 7.91. The smallest absolute Gasteiger partial charge is 0.409 e. The number of hydrogen-bond donors (Lipinski definition) is 1. The van der Waals surface area contributed by atoms with E-state index < -0.39 is 26.9 Å². The summed E-state index contributed by atoms with van der Waals surface area (Å²) in [5.41, 5.74) is 1.20. The summed E-state index contributed by atoms with van der Waals surface area (Å²) in [5.74, 6) is -0.480. The Bertz CT molecular complexity index is 1420. The van der Waals surface area contributed by atoms with Gasteiger partial charge in [0.1, 0.15) is 0 Å². The van der Waals surface area contributed by atoms with Crippen molar-refractivity contribution in [3.05, 3.63) is 69.6 Å². The van der Waals surface area contributed by atoms with Crippen LogP contribution in [0.3, 0.4) is 0 Å². The number of nitrogens with zero attached hydrogens (tertiary/aromatic N) is 4. The summed E-state index contributed by atoms with van der Waals surface area (Å²) < 4.78 is 32.3. The van der Waals surface area contributed by atoms with E-state index in [4.69, 9.17) is 4.74 Å². The number of rotatable bonds is 7. The highest BCUT2D eigenvalue weighted by Gasteiger charge is 2.30. The minimum Gasteiger partial charge on any atom is -0.450 e. The van der Waals surface area contributed by atoms with Gasteiger partial charge in [-0.25, -0.2) is 18.2 Å². The topological polar surface area (TPSA) is 152 Å². The van der Waals surface area contributed by atoms with E-state index in [-0.39, 0.29) is 48.9 Å². The summed E-state index contributed by atoms with van der Waals surface area (Å²) in [6, 6.07) is 11.6. The number of nitro groups is 1. The van der Waals surface area contributed by atoms with Crippen LogP contribution in [0, 0.1) is 10.1 Å². The predicted octanol–water partition coefficient (Wildman–Crippen LogP) is 3.43. The van der Waals surface area contributed by atoms with Gasteiger partial charge in [0.25, 0.3) is 11.6 Å². The highest BCUT2D eigenvalue weighted by Crippen LogP contribution is 2.28. The lowest BCUT2D eigenvalue weighted by Gasteiger charge is -2.33. The average molecular weight is 546 g/mol. The molecule has 2 amide bonds. The monoisotopic (exact) mass is 545 g/mol. The number of piperazine rings is 1. The number of nitro benzene ring substituents is 1. The lowest BCUT2D eigenvalue weighted by atomic mass is 10.1. The number of amides is 2. The van der Waals surface area contributed by atoms with Gasteiger partial charge >= 0.3 is 6.09 Å².